The number of nitro benzene ring substituents is 1. The van der Waals surface area contributed by atoms with Crippen LogP contribution >= 0.6 is 0 Å². The van der Waals surface area contributed by atoms with Gasteiger partial charge in [0.1, 0.15) is 5.69 Å². The fraction of sp³-hybridized carbons (Fsp3) is 0.429. The van der Waals surface area contributed by atoms with Gasteiger partial charge in [0.15, 0.2) is 0 Å². The number of benzene rings is 1. The summed E-state index contributed by atoms with van der Waals surface area (Å²) in [5.74, 6) is -0.514. The van der Waals surface area contributed by atoms with Crippen LogP contribution in [-0.2, 0) is 4.79 Å². The van der Waals surface area contributed by atoms with Crippen LogP contribution in [0, 0.1) is 27.4 Å². The molecule has 1 N–H and O–H groups in total. The van der Waals surface area contributed by atoms with Crippen LogP contribution in [0.4, 0.5) is 11.4 Å². The number of nitrogens with one attached hydrogen (secondary N) is 1. The quantitative estimate of drug-likeness (QED) is 0.611. The number of likely N-dealkylation sites (N-methyl/N-ethyl adjacent to an activating group) is 1. The third kappa shape index (κ3) is 5.20. The molecule has 0 saturated carbocycles. The first-order valence-electron chi connectivity index (χ1n) is 6.63. The van der Waals surface area contributed by atoms with E-state index in [0.29, 0.717) is 13.1 Å². The molecule has 0 fully saturated rings. The maximum absolute atomic E-state index is 12.0. The zero-order valence-corrected chi connectivity index (χ0v) is 12.1. The van der Waals surface area contributed by atoms with Crippen molar-refractivity contribution in [2.24, 2.45) is 5.92 Å². The van der Waals surface area contributed by atoms with Crippen LogP contribution in [-0.4, -0.2) is 35.4 Å². The average molecular weight is 290 g/mol. The predicted molar refractivity (Wildman–Crippen MR) is 78.6 cm³/mol. The van der Waals surface area contributed by atoms with Crippen molar-refractivity contribution in [3.8, 4) is 6.07 Å². The summed E-state index contributed by atoms with van der Waals surface area (Å²) in [6, 6.07) is 8.11. The number of hydrogen-bond donors (Lipinski definition) is 1. The van der Waals surface area contributed by atoms with E-state index in [2.05, 4.69) is 11.4 Å². The summed E-state index contributed by atoms with van der Waals surface area (Å²) in [6.07, 6.45) is 0. The SMILES string of the molecule is CCN(CC(=O)Nc1ccccc1[N+](=O)[O-])CC(C)C#N. The molecule has 1 atom stereocenters. The lowest BCUT2D eigenvalue weighted by atomic mass is 10.2. The molecule has 0 saturated heterocycles. The molecular weight excluding hydrogens is 272 g/mol. The minimum atomic E-state index is -0.537. The Morgan fingerprint density at radius 3 is 2.76 bits per heavy atom. The largest absolute Gasteiger partial charge is 0.319 e. The fourth-order valence-electron chi connectivity index (χ4n) is 1.86. The highest BCUT2D eigenvalue weighted by atomic mass is 16.6. The zero-order valence-electron chi connectivity index (χ0n) is 12.1. The fourth-order valence-corrected chi connectivity index (χ4v) is 1.86. The normalized spacial score (nSPS) is 11.7. The highest BCUT2D eigenvalue weighted by Gasteiger charge is 2.17. The first kappa shape index (κ1) is 16.6. The highest BCUT2D eigenvalue weighted by Crippen LogP contribution is 2.22. The summed E-state index contributed by atoms with van der Waals surface area (Å²) in [5, 5.41) is 22.2. The maximum Gasteiger partial charge on any atom is 0.292 e. The standard InChI is InChI=1S/C14H18N4O3/c1-3-17(9-11(2)8-15)10-14(19)16-12-6-4-5-7-13(12)18(20)21/h4-7,11H,3,9-10H2,1-2H3,(H,16,19). The van der Waals surface area contributed by atoms with Gasteiger partial charge in [0.25, 0.3) is 5.69 Å². The van der Waals surface area contributed by atoms with Crippen molar-refractivity contribution in [1.82, 2.24) is 4.90 Å². The van der Waals surface area contributed by atoms with Gasteiger partial charge in [-0.2, -0.15) is 5.26 Å². The van der Waals surface area contributed by atoms with Crippen LogP contribution < -0.4 is 5.32 Å². The van der Waals surface area contributed by atoms with Crippen LogP contribution in [0.1, 0.15) is 13.8 Å². The van der Waals surface area contributed by atoms with Gasteiger partial charge >= 0.3 is 0 Å². The monoisotopic (exact) mass is 290 g/mol. The topological polar surface area (TPSA) is 99.3 Å². The van der Waals surface area contributed by atoms with E-state index in [9.17, 15) is 14.9 Å². The Bertz CT molecular complexity index is 553. The molecular formula is C14H18N4O3. The van der Waals surface area contributed by atoms with Crippen LogP contribution in [0.15, 0.2) is 24.3 Å². The lowest BCUT2D eigenvalue weighted by Crippen LogP contribution is -2.35. The Hall–Kier alpha value is -2.46. The number of carbonyl (C=O) groups is 1. The molecule has 1 aromatic carbocycles. The number of anilines is 1. The molecule has 1 aromatic rings. The van der Waals surface area contributed by atoms with Crippen molar-refractivity contribution in [2.75, 3.05) is 25.0 Å². The molecule has 0 aromatic heterocycles. The third-order valence-corrected chi connectivity index (χ3v) is 2.94. The van der Waals surface area contributed by atoms with E-state index in [-0.39, 0.29) is 29.7 Å². The first-order valence-corrected chi connectivity index (χ1v) is 6.63. The second kappa shape index (κ2) is 7.97. The van der Waals surface area contributed by atoms with Crippen molar-refractivity contribution in [3.63, 3.8) is 0 Å². The number of nitro groups is 1. The summed E-state index contributed by atoms with van der Waals surface area (Å²) in [5.41, 5.74) is 0.0381. The van der Waals surface area contributed by atoms with Crippen molar-refractivity contribution in [3.05, 3.63) is 34.4 Å². The molecule has 1 rings (SSSR count). The minimum absolute atomic E-state index is 0.0918. The van der Waals surface area contributed by atoms with Gasteiger partial charge in [0.05, 0.1) is 23.5 Å². The molecule has 0 aliphatic carbocycles. The minimum Gasteiger partial charge on any atom is -0.319 e. The van der Waals surface area contributed by atoms with E-state index < -0.39 is 4.92 Å². The van der Waals surface area contributed by atoms with E-state index in [1.165, 1.54) is 12.1 Å². The Balaban J connectivity index is 2.69. The number of nitrogens with zero attached hydrogens (tertiary/aromatic N) is 3. The van der Waals surface area contributed by atoms with E-state index in [4.69, 9.17) is 5.26 Å². The molecule has 21 heavy (non-hydrogen) atoms. The number of amides is 1. The molecule has 0 spiro atoms. The van der Waals surface area contributed by atoms with Gasteiger partial charge in [-0.1, -0.05) is 19.1 Å². The molecule has 0 aliphatic heterocycles. The van der Waals surface area contributed by atoms with Crippen LogP contribution in [0.3, 0.4) is 0 Å². The summed E-state index contributed by atoms with van der Waals surface area (Å²) < 4.78 is 0. The van der Waals surface area contributed by atoms with E-state index in [1.807, 2.05) is 11.8 Å². The van der Waals surface area contributed by atoms with Crippen LogP contribution in [0.2, 0.25) is 0 Å². The molecule has 1 amide bonds. The molecule has 0 aliphatic rings. The van der Waals surface area contributed by atoms with E-state index in [0.717, 1.165) is 0 Å². The summed E-state index contributed by atoms with van der Waals surface area (Å²) in [4.78, 5) is 24.1. The molecule has 0 bridgehead atoms. The second-order valence-electron chi connectivity index (χ2n) is 4.68. The number of para-hydroxylation sites is 2. The Kier molecular flexibility index (Phi) is 6.30. The van der Waals surface area contributed by atoms with E-state index in [1.54, 1.807) is 19.1 Å². The molecule has 7 heteroatoms. The van der Waals surface area contributed by atoms with Gasteiger partial charge in [-0.25, -0.2) is 0 Å². The highest BCUT2D eigenvalue weighted by molar-refractivity contribution is 5.94. The summed E-state index contributed by atoms with van der Waals surface area (Å²) in [6.45, 7) is 4.87. The van der Waals surface area contributed by atoms with Gasteiger partial charge < -0.3 is 5.32 Å². The van der Waals surface area contributed by atoms with Gasteiger partial charge in [0, 0.05) is 12.6 Å². The van der Waals surface area contributed by atoms with E-state index >= 15 is 0 Å². The second-order valence-corrected chi connectivity index (χ2v) is 4.68. The molecule has 1 unspecified atom stereocenters. The first-order chi connectivity index (χ1) is 9.97. The lowest BCUT2D eigenvalue weighted by molar-refractivity contribution is -0.383. The Labute approximate surface area is 123 Å². The van der Waals surface area contributed by atoms with Gasteiger partial charge in [-0.05, 0) is 19.5 Å². The molecule has 0 heterocycles. The van der Waals surface area contributed by atoms with Crippen molar-refractivity contribution in [2.45, 2.75) is 13.8 Å². The smallest absolute Gasteiger partial charge is 0.292 e. The maximum atomic E-state index is 12.0. The zero-order chi connectivity index (χ0) is 15.8. The van der Waals surface area contributed by atoms with Gasteiger partial charge in [-0.3, -0.25) is 19.8 Å². The van der Waals surface area contributed by atoms with Crippen molar-refractivity contribution in [1.29, 1.82) is 5.26 Å². The number of rotatable bonds is 7. The van der Waals surface area contributed by atoms with Crippen molar-refractivity contribution >= 4 is 17.3 Å². The van der Waals surface area contributed by atoms with Crippen molar-refractivity contribution < 1.29 is 9.72 Å². The number of carbonyl (C=O) groups excluding carboxylic acids is 1. The summed E-state index contributed by atoms with van der Waals surface area (Å²) in [7, 11) is 0. The number of nitriles is 1. The molecule has 7 nitrogen and oxygen atoms in total. The van der Waals surface area contributed by atoms with Gasteiger partial charge in [-0.15, -0.1) is 0 Å². The van der Waals surface area contributed by atoms with Crippen LogP contribution in [0.25, 0.3) is 0 Å². The third-order valence-electron chi connectivity index (χ3n) is 2.94. The van der Waals surface area contributed by atoms with Crippen LogP contribution in [0.5, 0.6) is 0 Å². The lowest BCUT2D eigenvalue weighted by Gasteiger charge is -2.20. The number of hydrogen-bond acceptors (Lipinski definition) is 5. The molecule has 112 valence electrons. The van der Waals surface area contributed by atoms with Gasteiger partial charge in [0.2, 0.25) is 5.91 Å². The summed E-state index contributed by atoms with van der Waals surface area (Å²) >= 11 is 0. The Morgan fingerprint density at radius 1 is 1.52 bits per heavy atom. The molecule has 0 radical (unpaired) electrons. The Morgan fingerprint density at radius 2 is 2.19 bits per heavy atom. The average Bonchev–Trinajstić information content (AvgIpc) is 2.46. The predicted octanol–water partition coefficient (Wildman–Crippen LogP) is 2.01.